The van der Waals surface area contributed by atoms with Crippen LogP contribution in [0.3, 0.4) is 0 Å². The summed E-state index contributed by atoms with van der Waals surface area (Å²) in [6.45, 7) is 6.39. The van der Waals surface area contributed by atoms with E-state index >= 15 is 0 Å². The van der Waals surface area contributed by atoms with E-state index in [0.29, 0.717) is 18.1 Å². The Morgan fingerprint density at radius 1 is 1.44 bits per heavy atom. The second-order valence-corrected chi connectivity index (χ2v) is 6.39. The second-order valence-electron chi connectivity index (χ2n) is 5.38. The number of nitrogens with zero attached hydrogens (tertiary/aromatic N) is 3. The van der Waals surface area contributed by atoms with Gasteiger partial charge in [-0.25, -0.2) is 9.78 Å². The van der Waals surface area contributed by atoms with Gasteiger partial charge < -0.3 is 9.67 Å². The van der Waals surface area contributed by atoms with E-state index in [0.717, 1.165) is 34.1 Å². The van der Waals surface area contributed by atoms with E-state index in [2.05, 4.69) is 21.8 Å². The van der Waals surface area contributed by atoms with Crippen LogP contribution in [0.2, 0.25) is 0 Å². The topological polar surface area (TPSA) is 83.8 Å². The van der Waals surface area contributed by atoms with E-state index in [1.54, 1.807) is 6.08 Å². The van der Waals surface area contributed by atoms with Crippen molar-refractivity contribution in [3.63, 3.8) is 0 Å². The summed E-state index contributed by atoms with van der Waals surface area (Å²) in [4.78, 5) is 16.1. The first-order valence-electron chi connectivity index (χ1n) is 7.85. The molecule has 3 aromatic rings. The third-order valence-corrected chi connectivity index (χ3v) is 4.57. The van der Waals surface area contributed by atoms with E-state index in [4.69, 9.17) is 0 Å². The van der Waals surface area contributed by atoms with Gasteiger partial charge in [0.25, 0.3) is 0 Å². The van der Waals surface area contributed by atoms with Crippen LogP contribution in [0.5, 0.6) is 0 Å². The highest BCUT2D eigenvalue weighted by Crippen LogP contribution is 2.29. The average Bonchev–Trinajstić information content (AvgIpc) is 3.20. The minimum Gasteiger partial charge on any atom is -0.477 e. The largest absolute Gasteiger partial charge is 0.477 e. The molecule has 0 aliphatic rings. The zero-order valence-electron chi connectivity index (χ0n) is 13.8. The third kappa shape index (κ3) is 3.66. The SMILES string of the molecule is C=CCn1cc(/C=C(\Sc2n[nH]c(CC)n2)C(=O)O)c2ccccc21. The number of aromatic nitrogens is 4. The highest BCUT2D eigenvalue weighted by atomic mass is 32.2. The van der Waals surface area contributed by atoms with Crippen molar-refractivity contribution in [3.8, 4) is 0 Å². The lowest BCUT2D eigenvalue weighted by Gasteiger charge is -1.98. The zero-order chi connectivity index (χ0) is 17.8. The Hall–Kier alpha value is -2.80. The summed E-state index contributed by atoms with van der Waals surface area (Å²) in [6, 6.07) is 7.88. The normalized spacial score (nSPS) is 11.8. The molecule has 0 fully saturated rings. The van der Waals surface area contributed by atoms with Gasteiger partial charge in [-0.1, -0.05) is 31.2 Å². The number of fused-ring (bicyclic) bond motifs is 1. The molecule has 2 aromatic heterocycles. The van der Waals surface area contributed by atoms with Gasteiger partial charge in [0.15, 0.2) is 0 Å². The van der Waals surface area contributed by atoms with Crippen LogP contribution in [0.4, 0.5) is 0 Å². The first-order chi connectivity index (χ1) is 12.1. The summed E-state index contributed by atoms with van der Waals surface area (Å²) in [5, 5.41) is 17.8. The van der Waals surface area contributed by atoms with Crippen LogP contribution in [0.15, 0.2) is 53.2 Å². The van der Waals surface area contributed by atoms with Crippen molar-refractivity contribution in [2.24, 2.45) is 0 Å². The van der Waals surface area contributed by atoms with Crippen molar-refractivity contribution in [3.05, 3.63) is 59.4 Å². The molecule has 25 heavy (non-hydrogen) atoms. The summed E-state index contributed by atoms with van der Waals surface area (Å²) in [5.41, 5.74) is 1.88. The van der Waals surface area contributed by atoms with Gasteiger partial charge in [0.05, 0.1) is 0 Å². The average molecular weight is 354 g/mol. The highest BCUT2D eigenvalue weighted by Gasteiger charge is 2.15. The first-order valence-corrected chi connectivity index (χ1v) is 8.67. The number of aromatic amines is 1. The lowest BCUT2D eigenvalue weighted by atomic mass is 10.1. The summed E-state index contributed by atoms with van der Waals surface area (Å²) in [5.74, 6) is -0.275. The Morgan fingerprint density at radius 2 is 2.24 bits per heavy atom. The summed E-state index contributed by atoms with van der Waals surface area (Å²) in [6.07, 6.45) is 6.13. The molecule has 0 radical (unpaired) electrons. The summed E-state index contributed by atoms with van der Waals surface area (Å²) >= 11 is 1.04. The molecule has 128 valence electrons. The van der Waals surface area contributed by atoms with Crippen LogP contribution < -0.4 is 0 Å². The van der Waals surface area contributed by atoms with Crippen LogP contribution in [0.1, 0.15) is 18.3 Å². The van der Waals surface area contributed by atoms with Crippen molar-refractivity contribution in [2.45, 2.75) is 25.0 Å². The zero-order valence-corrected chi connectivity index (χ0v) is 14.6. The number of allylic oxidation sites excluding steroid dienone is 1. The Bertz CT molecular complexity index is 955. The Kier molecular flexibility index (Phi) is 5.04. The van der Waals surface area contributed by atoms with E-state index in [-0.39, 0.29) is 4.91 Å². The predicted molar refractivity (Wildman–Crippen MR) is 99.4 cm³/mol. The van der Waals surface area contributed by atoms with Gasteiger partial charge in [-0.3, -0.25) is 5.10 Å². The van der Waals surface area contributed by atoms with Crippen molar-refractivity contribution in [1.82, 2.24) is 19.7 Å². The van der Waals surface area contributed by atoms with Crippen molar-refractivity contribution in [2.75, 3.05) is 0 Å². The van der Waals surface area contributed by atoms with E-state index in [1.807, 2.05) is 48.0 Å². The molecule has 0 unspecified atom stereocenters. The maximum Gasteiger partial charge on any atom is 0.342 e. The standard InChI is InChI=1S/C18H18N4O2S/c1-3-9-22-11-12(13-7-5-6-8-14(13)22)10-15(17(23)24)25-18-19-16(4-2)20-21-18/h3,5-8,10-11H,1,4,9H2,2H3,(H,23,24)(H,19,20,21)/b15-10-. The number of hydrogen-bond donors (Lipinski definition) is 2. The Labute approximate surface area is 149 Å². The molecule has 0 aliphatic heterocycles. The number of hydrogen-bond acceptors (Lipinski definition) is 4. The molecule has 1 aromatic carbocycles. The minimum atomic E-state index is -1.01. The molecular weight excluding hydrogens is 336 g/mol. The monoisotopic (exact) mass is 354 g/mol. The van der Waals surface area contributed by atoms with Gasteiger partial charge >= 0.3 is 5.97 Å². The number of carboxylic acid groups (broad SMARTS) is 1. The molecule has 2 N–H and O–H groups in total. The smallest absolute Gasteiger partial charge is 0.342 e. The van der Waals surface area contributed by atoms with E-state index < -0.39 is 5.97 Å². The molecule has 0 aliphatic carbocycles. The van der Waals surface area contributed by atoms with Gasteiger partial charge in [0, 0.05) is 35.6 Å². The third-order valence-electron chi connectivity index (χ3n) is 3.69. The molecule has 0 saturated heterocycles. The first kappa shape index (κ1) is 17.0. The Morgan fingerprint density at radius 3 is 2.92 bits per heavy atom. The maximum absolute atomic E-state index is 11.7. The lowest BCUT2D eigenvalue weighted by Crippen LogP contribution is -1.97. The number of carbonyl (C=O) groups is 1. The fraction of sp³-hybridized carbons (Fsp3) is 0.167. The van der Waals surface area contributed by atoms with Crippen LogP contribution in [-0.2, 0) is 17.8 Å². The Balaban J connectivity index is 2.01. The van der Waals surface area contributed by atoms with Crippen LogP contribution >= 0.6 is 11.8 Å². The molecular formula is C18H18N4O2S. The quantitative estimate of drug-likeness (QED) is 0.384. The van der Waals surface area contributed by atoms with Gasteiger partial charge in [-0.2, -0.15) is 0 Å². The second kappa shape index (κ2) is 7.40. The number of benzene rings is 1. The number of nitrogens with one attached hydrogen (secondary N) is 1. The van der Waals surface area contributed by atoms with Gasteiger partial charge in [-0.15, -0.1) is 11.7 Å². The number of aryl methyl sites for hydroxylation is 1. The van der Waals surface area contributed by atoms with Crippen molar-refractivity contribution >= 4 is 34.7 Å². The van der Waals surface area contributed by atoms with Gasteiger partial charge in [0.2, 0.25) is 5.16 Å². The number of para-hydroxylation sites is 1. The molecule has 0 saturated carbocycles. The fourth-order valence-corrected chi connectivity index (χ4v) is 3.25. The highest BCUT2D eigenvalue weighted by molar-refractivity contribution is 8.04. The van der Waals surface area contributed by atoms with Crippen LogP contribution in [0.25, 0.3) is 17.0 Å². The fourth-order valence-electron chi connectivity index (χ4n) is 2.54. The van der Waals surface area contributed by atoms with Gasteiger partial charge in [0.1, 0.15) is 10.7 Å². The van der Waals surface area contributed by atoms with Crippen molar-refractivity contribution < 1.29 is 9.90 Å². The molecule has 2 heterocycles. The van der Waals surface area contributed by atoms with Crippen molar-refractivity contribution in [1.29, 1.82) is 0 Å². The van der Waals surface area contributed by atoms with E-state index in [1.165, 1.54) is 0 Å². The number of aliphatic carboxylic acids is 1. The molecule has 0 spiro atoms. The predicted octanol–water partition coefficient (Wildman–Crippen LogP) is 3.73. The molecule has 6 nitrogen and oxygen atoms in total. The number of rotatable bonds is 7. The summed E-state index contributed by atoms with van der Waals surface area (Å²) < 4.78 is 2.04. The molecule has 3 rings (SSSR count). The number of H-pyrrole nitrogens is 1. The minimum absolute atomic E-state index is 0.170. The number of thioether (sulfide) groups is 1. The summed E-state index contributed by atoms with van der Waals surface area (Å²) in [7, 11) is 0. The maximum atomic E-state index is 11.7. The van der Waals surface area contributed by atoms with Crippen LogP contribution in [0, 0.1) is 0 Å². The lowest BCUT2D eigenvalue weighted by molar-refractivity contribution is -0.131. The van der Waals surface area contributed by atoms with Gasteiger partial charge in [-0.05, 0) is 23.9 Å². The molecule has 0 amide bonds. The molecule has 0 atom stereocenters. The van der Waals surface area contributed by atoms with Crippen LogP contribution in [-0.4, -0.2) is 30.8 Å². The molecule has 0 bridgehead atoms. The molecule has 7 heteroatoms. The number of carboxylic acids is 1. The van der Waals surface area contributed by atoms with E-state index in [9.17, 15) is 9.90 Å².